The van der Waals surface area contributed by atoms with Crippen LogP contribution < -0.4 is 4.74 Å². The summed E-state index contributed by atoms with van der Waals surface area (Å²) in [5, 5.41) is 0. The molecule has 0 amide bonds. The Morgan fingerprint density at radius 3 is 1.37 bits per heavy atom. The van der Waals surface area contributed by atoms with E-state index in [1.807, 2.05) is 12.2 Å². The summed E-state index contributed by atoms with van der Waals surface area (Å²) >= 11 is 0. The Balaban J connectivity index is 2.13. The van der Waals surface area contributed by atoms with E-state index in [0.717, 1.165) is 37.2 Å². The van der Waals surface area contributed by atoms with Crippen LogP contribution in [0.4, 0.5) is 0 Å². The van der Waals surface area contributed by atoms with Crippen LogP contribution in [0.25, 0.3) is 0 Å². The number of aryl methyl sites for hydroxylation is 2. The molecule has 2 aromatic carbocycles. The van der Waals surface area contributed by atoms with Crippen LogP contribution in [0, 0.1) is 0 Å². The fraction of sp³-hybridized carbons (Fsp3) is 0.529. The van der Waals surface area contributed by atoms with Crippen molar-refractivity contribution >= 4 is 0 Å². The van der Waals surface area contributed by atoms with Crippen molar-refractivity contribution in [3.8, 4) is 11.5 Å². The quantitative estimate of drug-likeness (QED) is 0.137. The third-order valence-electron chi connectivity index (χ3n) is 6.98. The van der Waals surface area contributed by atoms with Crippen LogP contribution in [-0.2, 0) is 25.7 Å². The Bertz CT molecular complexity index is 791. The Morgan fingerprint density at radius 2 is 0.971 bits per heavy atom. The molecule has 2 rings (SSSR count). The van der Waals surface area contributed by atoms with Gasteiger partial charge in [-0.2, -0.15) is 0 Å². The number of rotatable bonds is 20. The Kier molecular flexibility index (Phi) is 14.9. The highest BCUT2D eigenvalue weighted by Gasteiger charge is 2.13. The SMILES string of the molecule is C=CCc1c(CCCCCCCC)cccc1Oc1cccc(CCCCCCCC)c1CC=C. The molecule has 0 aliphatic heterocycles. The van der Waals surface area contributed by atoms with Gasteiger partial charge in [-0.1, -0.05) is 114 Å². The van der Waals surface area contributed by atoms with Crippen LogP contribution in [-0.4, -0.2) is 0 Å². The molecule has 35 heavy (non-hydrogen) atoms. The summed E-state index contributed by atoms with van der Waals surface area (Å²) in [5.74, 6) is 1.96. The largest absolute Gasteiger partial charge is 0.457 e. The zero-order chi connectivity index (χ0) is 25.1. The van der Waals surface area contributed by atoms with Gasteiger partial charge in [-0.25, -0.2) is 0 Å². The van der Waals surface area contributed by atoms with Gasteiger partial charge in [-0.15, -0.1) is 13.2 Å². The maximum absolute atomic E-state index is 6.65. The summed E-state index contributed by atoms with van der Waals surface area (Å²) < 4.78 is 6.65. The Morgan fingerprint density at radius 1 is 0.571 bits per heavy atom. The number of unbranched alkanes of at least 4 members (excludes halogenated alkanes) is 10. The molecule has 1 nitrogen and oxygen atoms in total. The number of benzene rings is 2. The molecule has 2 aromatic rings. The smallest absolute Gasteiger partial charge is 0.131 e. The van der Waals surface area contributed by atoms with Crippen molar-refractivity contribution in [3.63, 3.8) is 0 Å². The third-order valence-corrected chi connectivity index (χ3v) is 6.98. The molecule has 0 N–H and O–H groups in total. The van der Waals surface area contributed by atoms with Gasteiger partial charge < -0.3 is 4.74 Å². The molecule has 0 saturated carbocycles. The highest BCUT2D eigenvalue weighted by atomic mass is 16.5. The lowest BCUT2D eigenvalue weighted by atomic mass is 9.96. The van der Waals surface area contributed by atoms with E-state index in [-0.39, 0.29) is 0 Å². The molecule has 0 spiro atoms. The standard InChI is InChI=1S/C34H50O/c1-5-9-11-13-15-17-23-29-25-19-27-33(31(29)21-7-3)35-34-28-20-26-30(32(34)22-8-4)24-18-16-14-12-10-6-2/h7-8,19-20,25-28H,3-6,9-18,21-24H2,1-2H3. The zero-order valence-electron chi connectivity index (χ0n) is 22.8. The molecule has 0 bridgehead atoms. The van der Waals surface area contributed by atoms with E-state index in [0.29, 0.717) is 0 Å². The summed E-state index contributed by atoms with van der Waals surface area (Å²) in [4.78, 5) is 0. The van der Waals surface area contributed by atoms with Crippen LogP contribution >= 0.6 is 0 Å². The first-order valence-corrected chi connectivity index (χ1v) is 14.4. The lowest BCUT2D eigenvalue weighted by Crippen LogP contribution is -2.01. The minimum atomic E-state index is 0.843. The van der Waals surface area contributed by atoms with Gasteiger partial charge in [0.1, 0.15) is 11.5 Å². The van der Waals surface area contributed by atoms with Gasteiger partial charge in [-0.05, 0) is 61.8 Å². The summed E-state index contributed by atoms with van der Waals surface area (Å²) in [5.41, 5.74) is 5.40. The van der Waals surface area contributed by atoms with Crippen LogP contribution in [0.5, 0.6) is 11.5 Å². The van der Waals surface area contributed by atoms with Gasteiger partial charge in [-0.3, -0.25) is 0 Å². The van der Waals surface area contributed by atoms with E-state index in [1.54, 1.807) is 0 Å². The molecule has 0 aliphatic carbocycles. The maximum atomic E-state index is 6.65. The van der Waals surface area contributed by atoms with Crippen molar-refractivity contribution in [1.82, 2.24) is 0 Å². The second kappa shape index (κ2) is 18.1. The Hall–Kier alpha value is -2.28. The lowest BCUT2D eigenvalue weighted by molar-refractivity contribution is 0.470. The molecule has 0 aliphatic rings. The summed E-state index contributed by atoms with van der Waals surface area (Å²) in [6.45, 7) is 12.6. The van der Waals surface area contributed by atoms with Gasteiger partial charge in [0.05, 0.1) is 0 Å². The highest BCUT2D eigenvalue weighted by Crippen LogP contribution is 2.33. The molecule has 0 unspecified atom stereocenters. The third kappa shape index (κ3) is 10.5. The van der Waals surface area contributed by atoms with Crippen molar-refractivity contribution in [1.29, 1.82) is 0 Å². The van der Waals surface area contributed by atoms with Crippen LogP contribution in [0.3, 0.4) is 0 Å². The van der Waals surface area contributed by atoms with Crippen molar-refractivity contribution in [3.05, 3.63) is 84.0 Å². The fourth-order valence-corrected chi connectivity index (χ4v) is 4.94. The predicted octanol–water partition coefficient (Wildman–Crippen LogP) is 10.7. The monoisotopic (exact) mass is 474 g/mol. The average Bonchev–Trinajstić information content (AvgIpc) is 2.87. The minimum absolute atomic E-state index is 0.843. The van der Waals surface area contributed by atoms with E-state index in [9.17, 15) is 0 Å². The van der Waals surface area contributed by atoms with Gasteiger partial charge in [0.2, 0.25) is 0 Å². The molecule has 0 aromatic heterocycles. The molecule has 0 heterocycles. The van der Waals surface area contributed by atoms with E-state index in [4.69, 9.17) is 4.74 Å². The Labute approximate surface area is 216 Å². The van der Waals surface area contributed by atoms with Crippen LogP contribution in [0.15, 0.2) is 61.7 Å². The van der Waals surface area contributed by atoms with Gasteiger partial charge in [0.25, 0.3) is 0 Å². The normalized spacial score (nSPS) is 10.9. The molecule has 192 valence electrons. The van der Waals surface area contributed by atoms with E-state index in [1.165, 1.54) is 99.3 Å². The first-order valence-electron chi connectivity index (χ1n) is 14.4. The summed E-state index contributed by atoms with van der Waals surface area (Å²) in [6, 6.07) is 13.1. The first kappa shape index (κ1) is 29.0. The second-order valence-corrected chi connectivity index (χ2v) is 9.91. The predicted molar refractivity (Wildman–Crippen MR) is 155 cm³/mol. The number of hydrogen-bond acceptors (Lipinski definition) is 1. The minimum Gasteiger partial charge on any atom is -0.457 e. The molecule has 0 fully saturated rings. The van der Waals surface area contributed by atoms with Crippen molar-refractivity contribution in [2.24, 2.45) is 0 Å². The van der Waals surface area contributed by atoms with Crippen molar-refractivity contribution < 1.29 is 4.74 Å². The number of hydrogen-bond donors (Lipinski definition) is 0. The van der Waals surface area contributed by atoms with E-state index in [2.05, 4.69) is 63.4 Å². The van der Waals surface area contributed by atoms with Crippen molar-refractivity contribution in [2.45, 2.75) is 117 Å². The average molecular weight is 475 g/mol. The molecular formula is C34H50O. The molecule has 0 atom stereocenters. The lowest BCUT2D eigenvalue weighted by Gasteiger charge is -2.18. The van der Waals surface area contributed by atoms with E-state index >= 15 is 0 Å². The van der Waals surface area contributed by atoms with E-state index < -0.39 is 0 Å². The van der Waals surface area contributed by atoms with Gasteiger partial charge in [0, 0.05) is 11.1 Å². The maximum Gasteiger partial charge on any atom is 0.131 e. The first-order chi connectivity index (χ1) is 17.2. The van der Waals surface area contributed by atoms with Gasteiger partial charge >= 0.3 is 0 Å². The molecular weight excluding hydrogens is 424 g/mol. The zero-order valence-corrected chi connectivity index (χ0v) is 22.8. The van der Waals surface area contributed by atoms with Gasteiger partial charge in [0.15, 0.2) is 0 Å². The molecule has 1 heteroatoms. The molecule has 0 radical (unpaired) electrons. The fourth-order valence-electron chi connectivity index (χ4n) is 4.94. The highest BCUT2D eigenvalue weighted by molar-refractivity contribution is 5.48. The summed E-state index contributed by atoms with van der Waals surface area (Å²) in [6.07, 6.45) is 23.8. The van der Waals surface area contributed by atoms with Crippen molar-refractivity contribution in [2.75, 3.05) is 0 Å². The number of allylic oxidation sites excluding steroid dienone is 2. The molecule has 0 saturated heterocycles. The number of ether oxygens (including phenoxy) is 1. The topological polar surface area (TPSA) is 9.23 Å². The summed E-state index contributed by atoms with van der Waals surface area (Å²) in [7, 11) is 0. The second-order valence-electron chi connectivity index (χ2n) is 9.91. The van der Waals surface area contributed by atoms with Crippen LogP contribution in [0.1, 0.15) is 113 Å². The van der Waals surface area contributed by atoms with Crippen LogP contribution in [0.2, 0.25) is 0 Å².